The van der Waals surface area contributed by atoms with Crippen molar-refractivity contribution in [1.29, 1.82) is 0 Å². The zero-order chi connectivity index (χ0) is 14.5. The molecule has 106 valence electrons. The van der Waals surface area contributed by atoms with Crippen LogP contribution in [-0.2, 0) is 6.42 Å². The molecule has 20 heavy (non-hydrogen) atoms. The van der Waals surface area contributed by atoms with Crippen LogP contribution in [0.2, 0.25) is 0 Å². The normalized spacial score (nSPS) is 12.4. The van der Waals surface area contributed by atoms with Crippen molar-refractivity contribution in [3.05, 3.63) is 57.0 Å². The number of hydrogen-bond acceptors (Lipinski definition) is 2. The second-order valence-corrected chi connectivity index (χ2v) is 7.46. The van der Waals surface area contributed by atoms with E-state index in [9.17, 15) is 0 Å². The Morgan fingerprint density at radius 3 is 2.40 bits per heavy atom. The highest BCUT2D eigenvalue weighted by Gasteiger charge is 2.08. The predicted molar refractivity (Wildman–Crippen MR) is 94.4 cm³/mol. The van der Waals surface area contributed by atoms with Crippen molar-refractivity contribution in [2.45, 2.75) is 35.6 Å². The molecule has 0 bridgehead atoms. The number of rotatable bonds is 5. The van der Waals surface area contributed by atoms with E-state index in [0.29, 0.717) is 0 Å². The second kappa shape index (κ2) is 7.64. The summed E-state index contributed by atoms with van der Waals surface area (Å²) in [5.41, 5.74) is 7.29. The van der Waals surface area contributed by atoms with Crippen LogP contribution in [-0.4, -0.2) is 6.04 Å². The Bertz CT molecular complexity index is 586. The largest absolute Gasteiger partial charge is 0.327 e. The Balaban J connectivity index is 2.16. The molecule has 0 aromatic heterocycles. The first-order chi connectivity index (χ1) is 9.60. The fourth-order valence-corrected chi connectivity index (χ4v) is 3.89. The van der Waals surface area contributed by atoms with Gasteiger partial charge in [0.05, 0.1) is 0 Å². The number of benzene rings is 2. The van der Waals surface area contributed by atoms with Crippen LogP contribution in [0.4, 0.5) is 0 Å². The minimum Gasteiger partial charge on any atom is -0.327 e. The highest BCUT2D eigenvalue weighted by Crippen LogP contribution is 2.37. The topological polar surface area (TPSA) is 26.0 Å². The molecule has 0 aliphatic heterocycles. The molecule has 0 spiro atoms. The van der Waals surface area contributed by atoms with Crippen LogP contribution in [0.15, 0.2) is 61.2 Å². The summed E-state index contributed by atoms with van der Waals surface area (Å²) in [5.74, 6) is 0. The Morgan fingerprint density at radius 2 is 1.75 bits per heavy atom. The van der Waals surface area contributed by atoms with Crippen LogP contribution in [0.25, 0.3) is 0 Å². The minimum atomic E-state index is 0.240. The lowest BCUT2D eigenvalue weighted by molar-refractivity contribution is 0.646. The van der Waals surface area contributed by atoms with Gasteiger partial charge in [-0.3, -0.25) is 0 Å². The maximum atomic E-state index is 6.01. The molecule has 0 fully saturated rings. The van der Waals surface area contributed by atoms with Crippen molar-refractivity contribution in [1.82, 2.24) is 0 Å². The van der Waals surface area contributed by atoms with Crippen LogP contribution >= 0.6 is 43.6 Å². The summed E-state index contributed by atoms with van der Waals surface area (Å²) < 4.78 is 2.24. The van der Waals surface area contributed by atoms with E-state index in [1.165, 1.54) is 15.4 Å². The fourth-order valence-electron chi connectivity index (χ4n) is 1.85. The molecular formula is C16H17Br2NS. The van der Waals surface area contributed by atoms with Gasteiger partial charge in [0.15, 0.2) is 0 Å². The van der Waals surface area contributed by atoms with E-state index < -0.39 is 0 Å². The van der Waals surface area contributed by atoms with Crippen molar-refractivity contribution in [3.8, 4) is 0 Å². The summed E-state index contributed by atoms with van der Waals surface area (Å²) in [5, 5.41) is 0. The average Bonchev–Trinajstić information content (AvgIpc) is 2.44. The smallest absolute Gasteiger partial charge is 0.0317 e. The Morgan fingerprint density at radius 1 is 1.05 bits per heavy atom. The Hall–Kier alpha value is -0.290. The second-order valence-electron chi connectivity index (χ2n) is 4.67. The standard InChI is InChI=1S/C16H17Br2NS/c1-2-12(19)9-11-7-8-16(14(18)10-11)20-15-6-4-3-5-13(15)17/h3-8,10,12H,2,9,19H2,1H3. The molecule has 0 saturated carbocycles. The Labute approximate surface area is 141 Å². The summed E-state index contributed by atoms with van der Waals surface area (Å²) in [6.07, 6.45) is 1.93. The fraction of sp³-hybridized carbons (Fsp3) is 0.250. The molecule has 2 aromatic rings. The van der Waals surface area contributed by atoms with Gasteiger partial charge in [0.2, 0.25) is 0 Å². The first kappa shape index (κ1) is 16.1. The molecule has 1 nitrogen and oxygen atoms in total. The van der Waals surface area contributed by atoms with Crippen LogP contribution in [0.3, 0.4) is 0 Å². The number of halogens is 2. The van der Waals surface area contributed by atoms with Crippen LogP contribution < -0.4 is 5.73 Å². The quantitative estimate of drug-likeness (QED) is 0.684. The van der Waals surface area contributed by atoms with E-state index >= 15 is 0 Å². The van der Waals surface area contributed by atoms with Crippen LogP contribution in [0, 0.1) is 0 Å². The van der Waals surface area contributed by atoms with E-state index in [1.54, 1.807) is 11.8 Å². The molecule has 4 heteroatoms. The molecule has 0 radical (unpaired) electrons. The van der Waals surface area contributed by atoms with Gasteiger partial charge in [0, 0.05) is 24.8 Å². The third kappa shape index (κ3) is 4.35. The van der Waals surface area contributed by atoms with Crippen molar-refractivity contribution in [2.24, 2.45) is 5.73 Å². The van der Waals surface area contributed by atoms with Gasteiger partial charge in [-0.1, -0.05) is 36.9 Å². The zero-order valence-electron chi connectivity index (χ0n) is 11.3. The van der Waals surface area contributed by atoms with E-state index in [4.69, 9.17) is 5.73 Å². The first-order valence-electron chi connectivity index (χ1n) is 6.56. The van der Waals surface area contributed by atoms with Crippen molar-refractivity contribution >= 4 is 43.6 Å². The molecule has 2 rings (SSSR count). The van der Waals surface area contributed by atoms with Crippen LogP contribution in [0.5, 0.6) is 0 Å². The van der Waals surface area contributed by atoms with Gasteiger partial charge in [-0.15, -0.1) is 0 Å². The van der Waals surface area contributed by atoms with Crippen LogP contribution in [0.1, 0.15) is 18.9 Å². The van der Waals surface area contributed by atoms with Gasteiger partial charge in [0.1, 0.15) is 0 Å². The zero-order valence-corrected chi connectivity index (χ0v) is 15.3. The highest BCUT2D eigenvalue weighted by atomic mass is 79.9. The highest BCUT2D eigenvalue weighted by molar-refractivity contribution is 9.11. The number of hydrogen-bond donors (Lipinski definition) is 1. The van der Waals surface area contributed by atoms with E-state index in [1.807, 2.05) is 6.07 Å². The molecule has 2 aromatic carbocycles. The van der Waals surface area contributed by atoms with Gasteiger partial charge in [0.25, 0.3) is 0 Å². The molecule has 0 saturated heterocycles. The van der Waals surface area contributed by atoms with Crippen molar-refractivity contribution in [2.75, 3.05) is 0 Å². The molecular weight excluding hydrogens is 398 g/mol. The SMILES string of the molecule is CCC(N)Cc1ccc(Sc2ccccc2Br)c(Br)c1. The van der Waals surface area contributed by atoms with E-state index in [2.05, 4.69) is 75.2 Å². The lowest BCUT2D eigenvalue weighted by Gasteiger charge is -2.11. The monoisotopic (exact) mass is 413 g/mol. The molecule has 0 aliphatic rings. The van der Waals surface area contributed by atoms with Gasteiger partial charge >= 0.3 is 0 Å². The summed E-state index contributed by atoms with van der Waals surface area (Å²) in [7, 11) is 0. The maximum Gasteiger partial charge on any atom is 0.0317 e. The van der Waals surface area contributed by atoms with E-state index in [0.717, 1.165) is 21.8 Å². The van der Waals surface area contributed by atoms with Crippen molar-refractivity contribution < 1.29 is 0 Å². The van der Waals surface area contributed by atoms with Gasteiger partial charge in [-0.05, 0) is 74.5 Å². The van der Waals surface area contributed by atoms with E-state index in [-0.39, 0.29) is 6.04 Å². The maximum absolute atomic E-state index is 6.01. The molecule has 2 N–H and O–H groups in total. The van der Waals surface area contributed by atoms with Gasteiger partial charge < -0.3 is 5.73 Å². The number of nitrogens with two attached hydrogens (primary N) is 1. The molecule has 1 unspecified atom stereocenters. The molecule has 0 amide bonds. The lowest BCUT2D eigenvalue weighted by atomic mass is 10.1. The summed E-state index contributed by atoms with van der Waals surface area (Å²) in [6, 6.07) is 15.0. The molecule has 0 aliphatic carbocycles. The lowest BCUT2D eigenvalue weighted by Crippen LogP contribution is -2.21. The molecule has 1 atom stereocenters. The van der Waals surface area contributed by atoms with Gasteiger partial charge in [-0.25, -0.2) is 0 Å². The third-order valence-corrected chi connectivity index (χ3v) is 6.10. The summed E-state index contributed by atoms with van der Waals surface area (Å²) >= 11 is 9.00. The van der Waals surface area contributed by atoms with Crippen molar-refractivity contribution in [3.63, 3.8) is 0 Å². The molecule has 0 heterocycles. The summed E-state index contributed by atoms with van der Waals surface area (Å²) in [6.45, 7) is 2.12. The van der Waals surface area contributed by atoms with Gasteiger partial charge in [-0.2, -0.15) is 0 Å². The third-order valence-electron chi connectivity index (χ3n) is 3.08. The predicted octanol–water partition coefficient (Wildman–Crippen LogP) is 5.64. The summed E-state index contributed by atoms with van der Waals surface area (Å²) in [4.78, 5) is 2.43. The first-order valence-corrected chi connectivity index (χ1v) is 8.96. The average molecular weight is 415 g/mol. The Kier molecular flexibility index (Phi) is 6.15. The minimum absolute atomic E-state index is 0.240.